The number of hydrogen-bond acceptors (Lipinski definition) is 6. The van der Waals surface area contributed by atoms with E-state index in [0.717, 1.165) is 12.1 Å². The first-order valence-electron chi connectivity index (χ1n) is 9.63. The fourth-order valence-corrected chi connectivity index (χ4v) is 3.91. The number of hydrogen-bond donors (Lipinski definition) is 1. The maximum absolute atomic E-state index is 13.1. The SMILES string of the molecule is COc1cc(C(=O)N2CCC(c3cc(=O)n4[nH]c(C)cc4n3)C2)cc(OC)c1OC. The van der Waals surface area contributed by atoms with Gasteiger partial charge in [-0.1, -0.05) is 0 Å². The molecule has 2 aromatic heterocycles. The summed E-state index contributed by atoms with van der Waals surface area (Å²) >= 11 is 0. The highest BCUT2D eigenvalue weighted by molar-refractivity contribution is 5.96. The van der Waals surface area contributed by atoms with Crippen LogP contribution in [-0.2, 0) is 0 Å². The molecular weight excluding hydrogens is 388 g/mol. The first-order valence-corrected chi connectivity index (χ1v) is 9.63. The quantitative estimate of drug-likeness (QED) is 0.688. The van der Waals surface area contributed by atoms with Gasteiger partial charge in [-0.25, -0.2) is 9.50 Å². The van der Waals surface area contributed by atoms with Crippen LogP contribution in [0.3, 0.4) is 0 Å². The normalized spacial score (nSPS) is 16.1. The lowest BCUT2D eigenvalue weighted by Gasteiger charge is -2.19. The van der Waals surface area contributed by atoms with E-state index in [1.165, 1.54) is 25.8 Å². The molecule has 9 nitrogen and oxygen atoms in total. The molecule has 0 spiro atoms. The standard InChI is InChI=1S/C21H24N4O5/c1-12-7-18-22-15(10-19(26)25(18)23-12)13-5-6-24(11-13)21(27)14-8-16(28-2)20(30-4)17(9-14)29-3/h7-10,13,23H,5-6,11H2,1-4H3. The first kappa shape index (κ1) is 19.8. The Morgan fingerprint density at radius 1 is 1.10 bits per heavy atom. The van der Waals surface area contributed by atoms with E-state index >= 15 is 0 Å². The number of fused-ring (bicyclic) bond motifs is 1. The molecule has 1 amide bonds. The van der Waals surface area contributed by atoms with Crippen molar-refractivity contribution in [2.45, 2.75) is 19.3 Å². The number of likely N-dealkylation sites (tertiary alicyclic amines) is 1. The zero-order chi connectivity index (χ0) is 21.4. The van der Waals surface area contributed by atoms with Gasteiger partial charge in [0.2, 0.25) is 5.75 Å². The van der Waals surface area contributed by atoms with Crippen molar-refractivity contribution >= 4 is 11.6 Å². The Hall–Kier alpha value is -3.49. The molecule has 30 heavy (non-hydrogen) atoms. The first-order chi connectivity index (χ1) is 14.4. The van der Waals surface area contributed by atoms with Crippen molar-refractivity contribution in [3.8, 4) is 17.2 Å². The van der Waals surface area contributed by atoms with Crippen molar-refractivity contribution in [1.82, 2.24) is 19.5 Å². The predicted octanol–water partition coefficient (Wildman–Crippen LogP) is 1.99. The van der Waals surface area contributed by atoms with Crippen molar-refractivity contribution in [1.29, 1.82) is 0 Å². The Morgan fingerprint density at radius 2 is 1.80 bits per heavy atom. The fourth-order valence-electron chi connectivity index (χ4n) is 3.91. The molecule has 4 rings (SSSR count). The Labute approximate surface area is 173 Å². The number of carbonyl (C=O) groups is 1. The number of rotatable bonds is 5. The number of H-pyrrole nitrogens is 1. The third-order valence-corrected chi connectivity index (χ3v) is 5.40. The van der Waals surface area contributed by atoms with Crippen LogP contribution in [0.25, 0.3) is 5.65 Å². The Kier molecular flexibility index (Phi) is 5.11. The summed E-state index contributed by atoms with van der Waals surface area (Å²) in [6.07, 6.45) is 0.738. The van der Waals surface area contributed by atoms with Crippen LogP contribution in [0.15, 0.2) is 29.1 Å². The van der Waals surface area contributed by atoms with E-state index in [0.29, 0.717) is 47.2 Å². The number of aryl methyl sites for hydroxylation is 1. The lowest BCUT2D eigenvalue weighted by atomic mass is 10.0. The van der Waals surface area contributed by atoms with Gasteiger partial charge >= 0.3 is 0 Å². The molecule has 0 bridgehead atoms. The van der Waals surface area contributed by atoms with Gasteiger partial charge in [-0.15, -0.1) is 0 Å². The molecule has 1 aliphatic rings. The summed E-state index contributed by atoms with van der Waals surface area (Å²) in [6.45, 7) is 2.94. The van der Waals surface area contributed by atoms with Gasteiger partial charge in [0.25, 0.3) is 11.5 Å². The van der Waals surface area contributed by atoms with E-state index in [1.54, 1.807) is 23.1 Å². The summed E-state index contributed by atoms with van der Waals surface area (Å²) in [4.78, 5) is 31.9. The molecule has 9 heteroatoms. The van der Waals surface area contributed by atoms with Crippen LogP contribution >= 0.6 is 0 Å². The second-order valence-electron chi connectivity index (χ2n) is 7.30. The van der Waals surface area contributed by atoms with Crippen LogP contribution in [0.5, 0.6) is 17.2 Å². The zero-order valence-electron chi connectivity index (χ0n) is 17.4. The van der Waals surface area contributed by atoms with Crippen LogP contribution in [0.4, 0.5) is 0 Å². The van der Waals surface area contributed by atoms with Crippen LogP contribution < -0.4 is 19.8 Å². The third-order valence-electron chi connectivity index (χ3n) is 5.40. The number of amides is 1. The van der Waals surface area contributed by atoms with E-state index in [2.05, 4.69) is 10.1 Å². The number of benzene rings is 1. The summed E-state index contributed by atoms with van der Waals surface area (Å²) in [6, 6.07) is 6.67. The van der Waals surface area contributed by atoms with Crippen LogP contribution in [0.2, 0.25) is 0 Å². The van der Waals surface area contributed by atoms with E-state index in [4.69, 9.17) is 14.2 Å². The van der Waals surface area contributed by atoms with E-state index in [1.807, 2.05) is 13.0 Å². The number of methoxy groups -OCH3 is 3. The van der Waals surface area contributed by atoms with Crippen molar-refractivity contribution in [2.24, 2.45) is 0 Å². The van der Waals surface area contributed by atoms with E-state index in [-0.39, 0.29) is 17.4 Å². The van der Waals surface area contributed by atoms with Gasteiger partial charge in [0.1, 0.15) is 0 Å². The average Bonchev–Trinajstić information content (AvgIpc) is 3.38. The summed E-state index contributed by atoms with van der Waals surface area (Å²) in [5, 5.41) is 2.97. The minimum absolute atomic E-state index is 0.00361. The van der Waals surface area contributed by atoms with E-state index in [9.17, 15) is 9.59 Å². The van der Waals surface area contributed by atoms with Gasteiger partial charge in [0.15, 0.2) is 17.1 Å². The lowest BCUT2D eigenvalue weighted by molar-refractivity contribution is 0.0790. The molecule has 0 radical (unpaired) electrons. The average molecular weight is 412 g/mol. The summed E-state index contributed by atoms with van der Waals surface area (Å²) in [7, 11) is 4.55. The number of ether oxygens (including phenoxy) is 3. The second-order valence-corrected chi connectivity index (χ2v) is 7.30. The van der Waals surface area contributed by atoms with E-state index < -0.39 is 0 Å². The lowest BCUT2D eigenvalue weighted by Crippen LogP contribution is -2.29. The van der Waals surface area contributed by atoms with Crippen molar-refractivity contribution in [3.05, 3.63) is 51.6 Å². The number of aromatic nitrogens is 3. The highest BCUT2D eigenvalue weighted by atomic mass is 16.5. The number of carbonyl (C=O) groups excluding carboxylic acids is 1. The van der Waals surface area contributed by atoms with Gasteiger partial charge in [-0.05, 0) is 25.5 Å². The Bertz CT molecular complexity index is 1140. The molecule has 0 saturated carbocycles. The van der Waals surface area contributed by atoms with Gasteiger partial charge in [0.05, 0.1) is 27.0 Å². The van der Waals surface area contributed by atoms with Gasteiger partial charge < -0.3 is 19.1 Å². The van der Waals surface area contributed by atoms with Crippen LogP contribution in [-0.4, -0.2) is 59.8 Å². The molecule has 3 aromatic rings. The minimum atomic E-state index is -0.155. The highest BCUT2D eigenvalue weighted by Gasteiger charge is 2.30. The van der Waals surface area contributed by atoms with Crippen molar-refractivity contribution in [2.75, 3.05) is 34.4 Å². The molecule has 1 aromatic carbocycles. The van der Waals surface area contributed by atoms with Gasteiger partial charge in [0, 0.05) is 42.4 Å². The maximum Gasteiger partial charge on any atom is 0.272 e. The van der Waals surface area contributed by atoms with Crippen LogP contribution in [0, 0.1) is 6.92 Å². The van der Waals surface area contributed by atoms with Gasteiger partial charge in [-0.2, -0.15) is 0 Å². The summed E-state index contributed by atoms with van der Waals surface area (Å²) in [5.41, 5.74) is 2.46. The molecule has 1 unspecified atom stereocenters. The van der Waals surface area contributed by atoms with Crippen molar-refractivity contribution < 1.29 is 19.0 Å². The van der Waals surface area contributed by atoms with Crippen LogP contribution in [0.1, 0.15) is 34.1 Å². The summed E-state index contributed by atoms with van der Waals surface area (Å²) < 4.78 is 17.5. The number of aromatic amines is 1. The Morgan fingerprint density at radius 3 is 2.43 bits per heavy atom. The molecule has 1 N–H and O–H groups in total. The predicted molar refractivity (Wildman–Crippen MR) is 110 cm³/mol. The number of nitrogens with zero attached hydrogens (tertiary/aromatic N) is 3. The minimum Gasteiger partial charge on any atom is -0.493 e. The third kappa shape index (κ3) is 3.36. The van der Waals surface area contributed by atoms with Gasteiger partial charge in [-0.3, -0.25) is 14.7 Å². The summed E-state index contributed by atoms with van der Waals surface area (Å²) in [5.74, 6) is 1.17. The largest absolute Gasteiger partial charge is 0.493 e. The molecule has 1 saturated heterocycles. The molecular formula is C21H24N4O5. The second kappa shape index (κ2) is 7.74. The molecule has 158 valence electrons. The molecule has 1 aliphatic heterocycles. The smallest absolute Gasteiger partial charge is 0.272 e. The fraction of sp³-hybridized carbons (Fsp3) is 0.381. The van der Waals surface area contributed by atoms with Crippen molar-refractivity contribution in [3.63, 3.8) is 0 Å². The molecule has 0 aliphatic carbocycles. The number of nitrogens with one attached hydrogen (secondary N) is 1. The monoisotopic (exact) mass is 412 g/mol. The highest BCUT2D eigenvalue weighted by Crippen LogP contribution is 2.39. The topological polar surface area (TPSA) is 98.2 Å². The molecule has 1 fully saturated rings. The maximum atomic E-state index is 13.1. The molecule has 1 atom stereocenters. The Balaban J connectivity index is 1.59. The zero-order valence-corrected chi connectivity index (χ0v) is 17.4. The molecule has 3 heterocycles.